The Bertz CT molecular complexity index is 484. The number of aromatic nitrogens is 2. The second-order valence-corrected chi connectivity index (χ2v) is 4.30. The molecule has 0 aliphatic heterocycles. The summed E-state index contributed by atoms with van der Waals surface area (Å²) >= 11 is 0. The molecule has 0 spiro atoms. The van der Waals surface area contributed by atoms with Gasteiger partial charge in [0.2, 0.25) is 5.96 Å². The molecule has 0 radical (unpaired) electrons. The summed E-state index contributed by atoms with van der Waals surface area (Å²) in [6, 6.07) is 0. The van der Waals surface area contributed by atoms with Gasteiger partial charge < -0.3 is 17.2 Å². The SMILES string of the molecule is CCn1cc(S(=O)(=O)N=C(N)N)c(N)n1. The monoisotopic (exact) mass is 232 g/mol. The fraction of sp³-hybridized carbons (Fsp3) is 0.333. The first-order valence-electron chi connectivity index (χ1n) is 4.05. The minimum atomic E-state index is -3.95. The molecule has 0 unspecified atom stereocenters. The predicted molar refractivity (Wildman–Crippen MR) is 55.3 cm³/mol. The highest BCUT2D eigenvalue weighted by molar-refractivity contribution is 7.90. The molecule has 8 nitrogen and oxygen atoms in total. The summed E-state index contributed by atoms with van der Waals surface area (Å²) < 4.78 is 27.5. The zero-order valence-electron chi connectivity index (χ0n) is 8.08. The Morgan fingerprint density at radius 1 is 1.60 bits per heavy atom. The summed E-state index contributed by atoms with van der Waals surface area (Å²) in [5.41, 5.74) is 15.4. The minimum absolute atomic E-state index is 0.123. The lowest BCUT2D eigenvalue weighted by molar-refractivity contribution is 0.597. The molecule has 1 rings (SSSR count). The quantitative estimate of drug-likeness (QED) is 0.425. The molecule has 0 saturated heterocycles. The maximum atomic E-state index is 11.5. The summed E-state index contributed by atoms with van der Waals surface area (Å²) in [4.78, 5) is -0.197. The Kier molecular flexibility index (Phi) is 2.84. The maximum Gasteiger partial charge on any atom is 0.290 e. The molecule has 0 aliphatic rings. The van der Waals surface area contributed by atoms with E-state index >= 15 is 0 Å². The summed E-state index contributed by atoms with van der Waals surface area (Å²) in [6.07, 6.45) is 1.27. The number of aryl methyl sites for hydroxylation is 1. The molecule has 1 heterocycles. The van der Waals surface area contributed by atoms with Gasteiger partial charge >= 0.3 is 0 Å². The van der Waals surface area contributed by atoms with Crippen molar-refractivity contribution in [1.29, 1.82) is 0 Å². The van der Waals surface area contributed by atoms with E-state index in [-0.39, 0.29) is 10.7 Å². The van der Waals surface area contributed by atoms with E-state index < -0.39 is 16.0 Å². The van der Waals surface area contributed by atoms with Crippen LogP contribution in [0.3, 0.4) is 0 Å². The maximum absolute atomic E-state index is 11.5. The number of sulfonamides is 1. The van der Waals surface area contributed by atoms with Gasteiger partial charge in [-0.3, -0.25) is 4.68 Å². The van der Waals surface area contributed by atoms with Crippen molar-refractivity contribution in [2.45, 2.75) is 18.4 Å². The van der Waals surface area contributed by atoms with E-state index in [9.17, 15) is 8.42 Å². The number of anilines is 1. The summed E-state index contributed by atoms with van der Waals surface area (Å²) in [7, 11) is -3.95. The van der Waals surface area contributed by atoms with Crippen molar-refractivity contribution >= 4 is 21.8 Å². The van der Waals surface area contributed by atoms with Gasteiger partial charge in [-0.2, -0.15) is 13.5 Å². The summed E-state index contributed by atoms with van der Waals surface area (Å²) in [5, 5.41) is 3.77. The van der Waals surface area contributed by atoms with Gasteiger partial charge in [-0.25, -0.2) is 0 Å². The fourth-order valence-electron chi connectivity index (χ4n) is 0.967. The molecule has 0 aromatic carbocycles. The van der Waals surface area contributed by atoms with Crippen molar-refractivity contribution in [3.63, 3.8) is 0 Å². The lowest BCUT2D eigenvalue weighted by Crippen LogP contribution is -2.24. The van der Waals surface area contributed by atoms with Gasteiger partial charge in [0.25, 0.3) is 10.0 Å². The number of rotatable bonds is 3. The lowest BCUT2D eigenvalue weighted by atomic mass is 10.6. The minimum Gasteiger partial charge on any atom is -0.381 e. The van der Waals surface area contributed by atoms with E-state index in [1.54, 1.807) is 6.92 Å². The first-order chi connectivity index (χ1) is 6.86. The molecule has 0 amide bonds. The van der Waals surface area contributed by atoms with Gasteiger partial charge in [0, 0.05) is 12.7 Å². The van der Waals surface area contributed by atoms with Crippen LogP contribution in [0.15, 0.2) is 15.5 Å². The second-order valence-electron chi connectivity index (χ2n) is 2.73. The molecule has 1 aromatic rings. The van der Waals surface area contributed by atoms with Crippen LogP contribution in [-0.2, 0) is 16.6 Å². The molecular formula is C6H12N6O2S. The third kappa shape index (κ3) is 2.37. The highest BCUT2D eigenvalue weighted by Gasteiger charge is 2.20. The van der Waals surface area contributed by atoms with E-state index in [2.05, 4.69) is 9.50 Å². The van der Waals surface area contributed by atoms with Crippen LogP contribution < -0.4 is 17.2 Å². The first kappa shape index (κ1) is 11.3. The summed E-state index contributed by atoms with van der Waals surface area (Å²) in [6.45, 7) is 2.30. The normalized spacial score (nSPS) is 11.3. The number of nitrogen functional groups attached to an aromatic ring is 1. The Hall–Kier alpha value is -1.77. The second kappa shape index (κ2) is 3.77. The first-order valence-corrected chi connectivity index (χ1v) is 5.49. The zero-order chi connectivity index (χ0) is 11.6. The van der Waals surface area contributed by atoms with Gasteiger partial charge in [-0.15, -0.1) is 4.40 Å². The topological polar surface area (TPSA) is 142 Å². The highest BCUT2D eigenvalue weighted by atomic mass is 32.2. The third-order valence-corrected chi connectivity index (χ3v) is 2.90. The molecule has 0 saturated carbocycles. The fourth-order valence-corrected chi connectivity index (χ4v) is 1.90. The molecule has 9 heteroatoms. The lowest BCUT2D eigenvalue weighted by Gasteiger charge is -1.95. The van der Waals surface area contributed by atoms with Gasteiger partial charge in [-0.1, -0.05) is 0 Å². The van der Waals surface area contributed by atoms with Crippen LogP contribution in [0.25, 0.3) is 0 Å². The molecule has 0 bridgehead atoms. The molecule has 1 aromatic heterocycles. The predicted octanol–water partition coefficient (Wildman–Crippen LogP) is -1.55. The Morgan fingerprint density at radius 3 is 2.60 bits per heavy atom. The van der Waals surface area contributed by atoms with Crippen molar-refractivity contribution in [2.75, 3.05) is 5.73 Å². The zero-order valence-corrected chi connectivity index (χ0v) is 8.90. The third-order valence-electron chi connectivity index (χ3n) is 1.58. The van der Waals surface area contributed by atoms with Crippen molar-refractivity contribution in [3.05, 3.63) is 6.20 Å². The largest absolute Gasteiger partial charge is 0.381 e. The van der Waals surface area contributed by atoms with Gasteiger partial charge in [0.05, 0.1) is 0 Å². The van der Waals surface area contributed by atoms with Crippen molar-refractivity contribution in [3.8, 4) is 0 Å². The number of guanidine groups is 1. The van der Waals surface area contributed by atoms with Crippen LogP contribution >= 0.6 is 0 Å². The molecule has 0 fully saturated rings. The number of hydrogen-bond donors (Lipinski definition) is 3. The van der Waals surface area contributed by atoms with Crippen LogP contribution in [0.2, 0.25) is 0 Å². The van der Waals surface area contributed by atoms with Crippen molar-refractivity contribution in [2.24, 2.45) is 15.9 Å². The van der Waals surface area contributed by atoms with Crippen LogP contribution in [0.1, 0.15) is 6.92 Å². The Morgan fingerprint density at radius 2 is 2.20 bits per heavy atom. The van der Waals surface area contributed by atoms with Crippen LogP contribution in [0, 0.1) is 0 Å². The van der Waals surface area contributed by atoms with E-state index in [1.807, 2.05) is 0 Å². The van der Waals surface area contributed by atoms with E-state index in [0.717, 1.165) is 0 Å². The van der Waals surface area contributed by atoms with Gasteiger partial charge in [0.15, 0.2) is 10.7 Å². The van der Waals surface area contributed by atoms with Crippen LogP contribution in [0.5, 0.6) is 0 Å². The average molecular weight is 232 g/mol. The standard InChI is InChI=1S/C6H12N6O2S/c1-2-12-3-4(5(7)10-12)15(13,14)11-6(8)9/h3H,2H2,1H3,(H2,7,10)(H4,8,9,11). The van der Waals surface area contributed by atoms with Crippen LogP contribution in [0.4, 0.5) is 5.82 Å². The summed E-state index contributed by atoms with van der Waals surface area (Å²) in [5.74, 6) is -0.666. The van der Waals surface area contributed by atoms with E-state index in [1.165, 1.54) is 10.9 Å². The molecule has 0 atom stereocenters. The molecule has 6 N–H and O–H groups in total. The molecule has 84 valence electrons. The van der Waals surface area contributed by atoms with E-state index in [4.69, 9.17) is 17.2 Å². The van der Waals surface area contributed by atoms with Crippen LogP contribution in [-0.4, -0.2) is 24.2 Å². The molecule has 0 aliphatic carbocycles. The highest BCUT2D eigenvalue weighted by Crippen LogP contribution is 2.18. The van der Waals surface area contributed by atoms with E-state index in [0.29, 0.717) is 6.54 Å². The number of nitrogens with two attached hydrogens (primary N) is 3. The Labute approximate surface area is 86.8 Å². The Balaban J connectivity index is 3.27. The smallest absolute Gasteiger partial charge is 0.290 e. The molecular weight excluding hydrogens is 220 g/mol. The van der Waals surface area contributed by atoms with Gasteiger partial charge in [-0.05, 0) is 6.92 Å². The number of nitrogens with zero attached hydrogens (tertiary/aromatic N) is 3. The average Bonchev–Trinajstić information content (AvgIpc) is 2.45. The van der Waals surface area contributed by atoms with Gasteiger partial charge in [0.1, 0.15) is 0 Å². The number of hydrogen-bond acceptors (Lipinski definition) is 4. The van der Waals surface area contributed by atoms with Crippen molar-refractivity contribution < 1.29 is 8.42 Å². The van der Waals surface area contributed by atoms with Crippen molar-refractivity contribution in [1.82, 2.24) is 9.78 Å². The molecule has 15 heavy (non-hydrogen) atoms.